The monoisotopic (exact) mass is 582 g/mol. The molecule has 0 unspecified atom stereocenters. The Kier molecular flexibility index (Phi) is 8.39. The van der Waals surface area contributed by atoms with E-state index in [-0.39, 0.29) is 35.2 Å². The number of hydrogen-bond acceptors (Lipinski definition) is 3. The standard InChI is InChI=1S/C13H8BrFN2.S9/c14-10-7-8(15)5-6-9(10)13-16-11-3-1-2-4-12(11)17-13;1-3-5-7-9-8-6-4-2/h1-7H,(H,16,17);/i1D,2D,3D,4D;. The normalized spacial score (nSPS) is 11.6. The lowest BCUT2D eigenvalue weighted by molar-refractivity contribution is 0.627. The molecule has 26 heavy (non-hydrogen) atoms. The summed E-state index contributed by atoms with van der Waals surface area (Å²) in [5.74, 6) is -0.0464. The van der Waals surface area contributed by atoms with E-state index in [4.69, 9.17) is 5.48 Å². The van der Waals surface area contributed by atoms with Crippen molar-refractivity contribution in [1.82, 2.24) is 9.97 Å². The molecule has 0 saturated carbocycles. The van der Waals surface area contributed by atoms with Gasteiger partial charge in [-0.2, -0.15) is 0 Å². The summed E-state index contributed by atoms with van der Waals surface area (Å²) in [7, 11) is 10.9. The fourth-order valence-corrected chi connectivity index (χ4v) is 15.9. The summed E-state index contributed by atoms with van der Waals surface area (Å²) in [5, 5.41) is 0. The van der Waals surface area contributed by atoms with Gasteiger partial charge in [-0.25, -0.2) is 9.37 Å². The maximum absolute atomic E-state index is 13.1. The van der Waals surface area contributed by atoms with Crippen molar-refractivity contribution in [2.24, 2.45) is 0 Å². The van der Waals surface area contributed by atoms with Crippen LogP contribution in [0.1, 0.15) is 5.48 Å². The van der Waals surface area contributed by atoms with E-state index in [1.807, 2.05) is 0 Å². The number of aromatic nitrogens is 2. The van der Waals surface area contributed by atoms with Crippen LogP contribution in [-0.4, -0.2) is 9.97 Å². The molecule has 0 spiro atoms. The highest BCUT2D eigenvalue weighted by Gasteiger charge is 2.08. The molecule has 3 rings (SSSR count). The molecule has 0 radical (unpaired) electrons. The molecule has 1 N–H and O–H groups in total. The minimum Gasteiger partial charge on any atom is -0.338 e. The summed E-state index contributed by atoms with van der Waals surface area (Å²) >= 11 is 12.5. The van der Waals surface area contributed by atoms with Gasteiger partial charge in [0.15, 0.2) is 0 Å². The van der Waals surface area contributed by atoms with E-state index < -0.39 is 5.82 Å². The van der Waals surface area contributed by atoms with Crippen LogP contribution in [0.4, 0.5) is 4.39 Å². The van der Waals surface area contributed by atoms with Gasteiger partial charge in [-0.05, 0) is 46.2 Å². The van der Waals surface area contributed by atoms with Gasteiger partial charge in [0.25, 0.3) is 0 Å². The van der Waals surface area contributed by atoms with Gasteiger partial charge in [0.1, 0.15) is 11.6 Å². The highest BCUT2D eigenvalue weighted by molar-refractivity contribution is 9.10. The molecule has 0 aliphatic rings. The van der Waals surface area contributed by atoms with Crippen molar-refractivity contribution >= 4 is 112 Å². The SMILES string of the molecule is S=S=S=S=S=S=S=S=S.[2H]c1c([2H])c([2H])c2[nH]c(-c3ccc(F)cc3Br)nc2c1[2H]. The third kappa shape index (κ3) is 7.37. The van der Waals surface area contributed by atoms with E-state index in [1.54, 1.807) is 44.4 Å². The second-order valence-electron chi connectivity index (χ2n) is 3.91. The maximum Gasteiger partial charge on any atom is 0.139 e. The molecule has 13 heteroatoms. The molecule has 0 aliphatic heterocycles. The van der Waals surface area contributed by atoms with E-state index >= 15 is 0 Å². The van der Waals surface area contributed by atoms with E-state index in [2.05, 4.69) is 48.3 Å². The Balaban J connectivity index is 0.000000303. The molecular formula is C13H8BrFN2S9. The summed E-state index contributed by atoms with van der Waals surface area (Å²) in [6, 6.07) is 3.06. The molecule has 2 aromatic carbocycles. The van der Waals surface area contributed by atoms with Crippen molar-refractivity contribution < 1.29 is 9.87 Å². The van der Waals surface area contributed by atoms with E-state index in [0.717, 1.165) is 0 Å². The second kappa shape index (κ2) is 12.7. The van der Waals surface area contributed by atoms with Crippen LogP contribution in [0.15, 0.2) is 46.8 Å². The van der Waals surface area contributed by atoms with E-state index in [9.17, 15) is 4.39 Å². The molecule has 0 bridgehead atoms. The van der Waals surface area contributed by atoms with Crippen molar-refractivity contribution in [2.45, 2.75) is 0 Å². The fraction of sp³-hybridized carbons (Fsp3) is 0. The lowest BCUT2D eigenvalue weighted by Crippen LogP contribution is -1.83. The molecule has 1 aromatic heterocycles. The minimum absolute atomic E-state index is 0.159. The number of halogens is 2. The smallest absolute Gasteiger partial charge is 0.139 e. The van der Waals surface area contributed by atoms with Crippen LogP contribution < -0.4 is 0 Å². The van der Waals surface area contributed by atoms with Crippen LogP contribution in [0.5, 0.6) is 0 Å². The fourth-order valence-electron chi connectivity index (χ4n) is 1.60. The summed E-state index contributed by atoms with van der Waals surface area (Å²) in [5.41, 5.74) is 0.962. The molecular weight excluding hydrogens is 572 g/mol. The zero-order valence-corrected chi connectivity index (χ0v) is 21.0. The van der Waals surface area contributed by atoms with Gasteiger partial charge in [-0.1, -0.05) is 12.1 Å². The Labute approximate surface area is 193 Å². The predicted molar refractivity (Wildman–Crippen MR) is 135 cm³/mol. The number of imidazole rings is 1. The van der Waals surface area contributed by atoms with Crippen molar-refractivity contribution in [3.8, 4) is 11.4 Å². The number of nitrogens with zero attached hydrogens (tertiary/aromatic N) is 1. The lowest BCUT2D eigenvalue weighted by atomic mass is 10.2. The van der Waals surface area contributed by atoms with Gasteiger partial charge in [0.2, 0.25) is 0 Å². The van der Waals surface area contributed by atoms with Crippen LogP contribution in [0, 0.1) is 5.82 Å². The topological polar surface area (TPSA) is 28.7 Å². The Bertz CT molecular complexity index is 1340. The Morgan fingerprint density at radius 2 is 1.69 bits per heavy atom. The summed E-state index contributed by atoms with van der Waals surface area (Å²) in [6.45, 7) is 0. The van der Waals surface area contributed by atoms with Crippen molar-refractivity contribution in [3.63, 3.8) is 0 Å². The molecule has 138 valence electrons. The zero-order valence-electron chi connectivity index (χ0n) is 16.1. The number of nitrogens with one attached hydrogen (secondary N) is 1. The van der Waals surface area contributed by atoms with Crippen LogP contribution in [0.25, 0.3) is 22.4 Å². The number of aromatic amines is 1. The van der Waals surface area contributed by atoms with Gasteiger partial charge in [0, 0.05) is 94.6 Å². The Morgan fingerprint density at radius 1 is 1.04 bits per heavy atom. The highest BCUT2D eigenvalue weighted by Crippen LogP contribution is 2.28. The number of fused-ring (bicyclic) bond motifs is 1. The van der Waals surface area contributed by atoms with Crippen LogP contribution in [0.3, 0.4) is 0 Å². The molecule has 3 aromatic rings. The summed E-state index contributed by atoms with van der Waals surface area (Å²) < 4.78 is 44.6. The first-order chi connectivity index (χ1) is 14.3. The van der Waals surface area contributed by atoms with Gasteiger partial charge in [-0.3, -0.25) is 0 Å². The van der Waals surface area contributed by atoms with Crippen molar-refractivity contribution in [3.05, 3.63) is 52.7 Å². The van der Waals surface area contributed by atoms with Crippen LogP contribution >= 0.6 is 15.9 Å². The molecule has 1 heterocycles. The first kappa shape index (κ1) is 17.2. The summed E-state index contributed by atoms with van der Waals surface area (Å²) in [4.78, 5) is 7.09. The number of benzene rings is 2. The number of rotatable bonds is 1. The molecule has 0 saturated heterocycles. The summed E-state index contributed by atoms with van der Waals surface area (Å²) in [6.07, 6.45) is 0. The minimum atomic E-state index is -0.397. The molecule has 0 aliphatic carbocycles. The maximum atomic E-state index is 13.1. The average Bonchev–Trinajstić information content (AvgIpc) is 3.16. The van der Waals surface area contributed by atoms with E-state index in [0.29, 0.717) is 15.9 Å². The third-order valence-corrected chi connectivity index (χ3v) is 16.5. The predicted octanol–water partition coefficient (Wildman–Crippen LogP) is 4.11. The molecule has 0 fully saturated rings. The van der Waals surface area contributed by atoms with E-state index in [1.165, 1.54) is 36.0 Å². The van der Waals surface area contributed by atoms with Crippen LogP contribution in [0.2, 0.25) is 0 Å². The van der Waals surface area contributed by atoms with Crippen molar-refractivity contribution in [1.29, 1.82) is 0 Å². The molecule has 2 nitrogen and oxygen atoms in total. The van der Waals surface area contributed by atoms with Gasteiger partial charge < -0.3 is 4.98 Å². The molecule has 0 atom stereocenters. The number of H-pyrrole nitrogens is 1. The second-order valence-corrected chi connectivity index (χ2v) is 17.1. The first-order valence-corrected chi connectivity index (χ1v) is 17.6. The molecule has 0 amide bonds. The van der Waals surface area contributed by atoms with Crippen molar-refractivity contribution in [2.75, 3.05) is 0 Å². The van der Waals surface area contributed by atoms with Gasteiger partial charge in [0.05, 0.1) is 16.5 Å². The van der Waals surface area contributed by atoms with Gasteiger partial charge in [-0.15, -0.1) is 0 Å². The lowest BCUT2D eigenvalue weighted by Gasteiger charge is -2.00. The number of para-hydroxylation sites is 2. The highest BCUT2D eigenvalue weighted by atomic mass is 79.9. The third-order valence-electron chi connectivity index (χ3n) is 2.49. The quantitative estimate of drug-likeness (QED) is 0.468. The van der Waals surface area contributed by atoms with Crippen LogP contribution in [-0.2, 0) is 84.5 Å². The zero-order chi connectivity index (χ0) is 22.3. The number of hydrogen-bond donors (Lipinski definition) is 1. The largest absolute Gasteiger partial charge is 0.338 e. The Morgan fingerprint density at radius 3 is 2.35 bits per heavy atom. The Hall–Kier alpha value is 0.300. The first-order valence-electron chi connectivity index (χ1n) is 8.15. The average molecular weight is 584 g/mol. The van der Waals surface area contributed by atoms with Gasteiger partial charge >= 0.3 is 0 Å².